The van der Waals surface area contributed by atoms with E-state index >= 15 is 0 Å². The highest BCUT2D eigenvalue weighted by atomic mass is 16.3. The molecule has 0 saturated heterocycles. The van der Waals surface area contributed by atoms with Gasteiger partial charge in [0.1, 0.15) is 0 Å². The Morgan fingerprint density at radius 2 is 2.09 bits per heavy atom. The summed E-state index contributed by atoms with van der Waals surface area (Å²) in [4.78, 5) is 23.3. The van der Waals surface area contributed by atoms with Gasteiger partial charge in [-0.3, -0.25) is 9.59 Å². The Balaban J connectivity index is 2.52. The second-order valence-electron chi connectivity index (χ2n) is 6.05. The fourth-order valence-corrected chi connectivity index (χ4v) is 2.35. The first-order valence-corrected chi connectivity index (χ1v) is 7.84. The lowest BCUT2D eigenvalue weighted by molar-refractivity contribution is -0.120. The zero-order chi connectivity index (χ0) is 17.2. The van der Waals surface area contributed by atoms with Gasteiger partial charge in [-0.1, -0.05) is 32.6 Å². The number of amides is 2. The third-order valence-electron chi connectivity index (χ3n) is 3.40. The van der Waals surface area contributed by atoms with Gasteiger partial charge in [0.25, 0.3) is 0 Å². The molecule has 0 fully saturated rings. The SMILES string of the molecule is C=CC(=O)Nc1cccc(CC(=O)NCC(CO)CC(C)C)c1. The quantitative estimate of drug-likeness (QED) is 0.610. The molecule has 126 valence electrons. The smallest absolute Gasteiger partial charge is 0.247 e. The molecule has 1 atom stereocenters. The number of hydrogen-bond donors (Lipinski definition) is 3. The average molecular weight is 318 g/mol. The topological polar surface area (TPSA) is 78.4 Å². The number of nitrogens with one attached hydrogen (secondary N) is 2. The van der Waals surface area contributed by atoms with Crippen molar-refractivity contribution in [2.75, 3.05) is 18.5 Å². The monoisotopic (exact) mass is 318 g/mol. The maximum atomic E-state index is 12.0. The Morgan fingerprint density at radius 3 is 2.70 bits per heavy atom. The van der Waals surface area contributed by atoms with Crippen molar-refractivity contribution in [1.29, 1.82) is 0 Å². The maximum absolute atomic E-state index is 12.0. The van der Waals surface area contributed by atoms with Crippen molar-refractivity contribution in [3.8, 4) is 0 Å². The summed E-state index contributed by atoms with van der Waals surface area (Å²) in [7, 11) is 0. The second kappa shape index (κ2) is 9.79. The summed E-state index contributed by atoms with van der Waals surface area (Å²) in [6.07, 6.45) is 2.31. The summed E-state index contributed by atoms with van der Waals surface area (Å²) >= 11 is 0. The predicted octanol–water partition coefficient (Wildman–Crippen LogP) is 2.12. The number of benzene rings is 1. The zero-order valence-electron chi connectivity index (χ0n) is 13.8. The van der Waals surface area contributed by atoms with Crippen molar-refractivity contribution in [1.82, 2.24) is 5.32 Å². The van der Waals surface area contributed by atoms with Gasteiger partial charge < -0.3 is 15.7 Å². The van der Waals surface area contributed by atoms with Crippen LogP contribution in [-0.2, 0) is 16.0 Å². The number of carbonyl (C=O) groups excluding carboxylic acids is 2. The van der Waals surface area contributed by atoms with E-state index in [1.165, 1.54) is 6.08 Å². The van der Waals surface area contributed by atoms with Crippen LogP contribution in [0.5, 0.6) is 0 Å². The lowest BCUT2D eigenvalue weighted by Crippen LogP contribution is -2.32. The van der Waals surface area contributed by atoms with Gasteiger partial charge in [0.05, 0.1) is 6.42 Å². The maximum Gasteiger partial charge on any atom is 0.247 e. The van der Waals surface area contributed by atoms with Gasteiger partial charge in [0.2, 0.25) is 11.8 Å². The largest absolute Gasteiger partial charge is 0.396 e. The van der Waals surface area contributed by atoms with Crippen LogP contribution in [0.4, 0.5) is 5.69 Å². The third kappa shape index (κ3) is 7.61. The summed E-state index contributed by atoms with van der Waals surface area (Å²) < 4.78 is 0. The molecule has 0 aliphatic carbocycles. The minimum absolute atomic E-state index is 0.0710. The summed E-state index contributed by atoms with van der Waals surface area (Å²) in [5, 5.41) is 14.8. The molecule has 0 aliphatic rings. The molecule has 1 aromatic carbocycles. The van der Waals surface area contributed by atoms with E-state index in [1.807, 2.05) is 6.07 Å². The van der Waals surface area contributed by atoms with Crippen molar-refractivity contribution in [2.45, 2.75) is 26.7 Å². The Hall–Kier alpha value is -2.14. The number of hydrogen-bond acceptors (Lipinski definition) is 3. The molecule has 0 spiro atoms. The highest BCUT2D eigenvalue weighted by molar-refractivity contribution is 5.98. The van der Waals surface area contributed by atoms with E-state index in [9.17, 15) is 14.7 Å². The van der Waals surface area contributed by atoms with Crippen LogP contribution in [0, 0.1) is 11.8 Å². The molecule has 1 rings (SSSR count). The van der Waals surface area contributed by atoms with Crippen LogP contribution >= 0.6 is 0 Å². The van der Waals surface area contributed by atoms with E-state index in [-0.39, 0.29) is 30.8 Å². The standard InChI is InChI=1S/C18H26N2O3/c1-4-17(22)20-16-7-5-6-14(9-16)10-18(23)19-11-15(12-21)8-13(2)3/h4-7,9,13,15,21H,1,8,10-12H2,2-3H3,(H,19,23)(H,20,22). The van der Waals surface area contributed by atoms with Crippen molar-refractivity contribution in [2.24, 2.45) is 11.8 Å². The first-order valence-electron chi connectivity index (χ1n) is 7.84. The Labute approximate surface area is 137 Å². The molecule has 5 heteroatoms. The van der Waals surface area contributed by atoms with Gasteiger partial charge in [-0.15, -0.1) is 0 Å². The van der Waals surface area contributed by atoms with E-state index in [2.05, 4.69) is 31.1 Å². The fourth-order valence-electron chi connectivity index (χ4n) is 2.35. The predicted molar refractivity (Wildman–Crippen MR) is 92.0 cm³/mol. The molecular formula is C18H26N2O3. The Bertz CT molecular complexity index is 541. The van der Waals surface area contributed by atoms with E-state index in [4.69, 9.17) is 0 Å². The van der Waals surface area contributed by atoms with Crippen molar-refractivity contribution in [3.63, 3.8) is 0 Å². The highest BCUT2D eigenvalue weighted by Gasteiger charge is 2.12. The van der Waals surface area contributed by atoms with E-state index in [0.29, 0.717) is 18.2 Å². The number of anilines is 1. The lowest BCUT2D eigenvalue weighted by Gasteiger charge is -2.17. The van der Waals surface area contributed by atoms with Crippen LogP contribution in [-0.4, -0.2) is 30.1 Å². The molecule has 0 saturated carbocycles. The lowest BCUT2D eigenvalue weighted by atomic mass is 9.98. The first-order chi connectivity index (χ1) is 10.9. The molecular weight excluding hydrogens is 292 g/mol. The summed E-state index contributed by atoms with van der Waals surface area (Å²) in [6.45, 7) is 8.13. The highest BCUT2D eigenvalue weighted by Crippen LogP contribution is 2.12. The van der Waals surface area contributed by atoms with Gasteiger partial charge >= 0.3 is 0 Å². The van der Waals surface area contributed by atoms with Crippen LogP contribution in [0.15, 0.2) is 36.9 Å². The van der Waals surface area contributed by atoms with Gasteiger partial charge in [0.15, 0.2) is 0 Å². The fraction of sp³-hybridized carbons (Fsp3) is 0.444. The van der Waals surface area contributed by atoms with Crippen LogP contribution in [0.1, 0.15) is 25.8 Å². The molecule has 0 aromatic heterocycles. The normalized spacial score (nSPS) is 11.8. The van der Waals surface area contributed by atoms with E-state index in [0.717, 1.165) is 12.0 Å². The van der Waals surface area contributed by atoms with Crippen LogP contribution in [0.3, 0.4) is 0 Å². The zero-order valence-corrected chi connectivity index (χ0v) is 13.8. The third-order valence-corrected chi connectivity index (χ3v) is 3.40. The molecule has 0 aliphatic heterocycles. The molecule has 3 N–H and O–H groups in total. The molecule has 5 nitrogen and oxygen atoms in total. The van der Waals surface area contributed by atoms with E-state index < -0.39 is 0 Å². The minimum atomic E-state index is -0.286. The van der Waals surface area contributed by atoms with Crippen molar-refractivity contribution in [3.05, 3.63) is 42.5 Å². The number of aliphatic hydroxyl groups is 1. The Morgan fingerprint density at radius 1 is 1.35 bits per heavy atom. The number of carbonyl (C=O) groups is 2. The molecule has 23 heavy (non-hydrogen) atoms. The first kappa shape index (κ1) is 18.9. The van der Waals surface area contributed by atoms with E-state index in [1.54, 1.807) is 18.2 Å². The molecule has 2 amide bonds. The van der Waals surface area contributed by atoms with Gasteiger partial charge in [-0.05, 0) is 42.0 Å². The summed E-state index contributed by atoms with van der Waals surface area (Å²) in [5.74, 6) is 0.178. The average Bonchev–Trinajstić information content (AvgIpc) is 2.51. The van der Waals surface area contributed by atoms with Crippen molar-refractivity contribution < 1.29 is 14.7 Å². The molecule has 0 radical (unpaired) electrons. The number of aliphatic hydroxyl groups excluding tert-OH is 1. The van der Waals surface area contributed by atoms with Crippen LogP contribution in [0.25, 0.3) is 0 Å². The molecule has 1 aromatic rings. The van der Waals surface area contributed by atoms with Gasteiger partial charge in [-0.2, -0.15) is 0 Å². The molecule has 0 heterocycles. The van der Waals surface area contributed by atoms with Crippen LogP contribution < -0.4 is 10.6 Å². The summed E-state index contributed by atoms with van der Waals surface area (Å²) in [6, 6.07) is 7.14. The second-order valence-corrected chi connectivity index (χ2v) is 6.05. The van der Waals surface area contributed by atoms with Crippen molar-refractivity contribution >= 4 is 17.5 Å². The molecule has 1 unspecified atom stereocenters. The molecule has 0 bridgehead atoms. The minimum Gasteiger partial charge on any atom is -0.396 e. The van der Waals surface area contributed by atoms with Crippen LogP contribution in [0.2, 0.25) is 0 Å². The summed E-state index contributed by atoms with van der Waals surface area (Å²) in [5.41, 5.74) is 1.45. The van der Waals surface area contributed by atoms with Gasteiger partial charge in [-0.25, -0.2) is 0 Å². The van der Waals surface area contributed by atoms with Gasteiger partial charge in [0, 0.05) is 18.8 Å². The Kier molecular flexibility index (Phi) is 8.05. The number of rotatable bonds is 9.